The first-order chi connectivity index (χ1) is 12.9. The van der Waals surface area contributed by atoms with Crippen LogP contribution in [0.5, 0.6) is 11.5 Å². The van der Waals surface area contributed by atoms with E-state index in [4.69, 9.17) is 14.2 Å². The number of carbonyl (C=O) groups excluding carboxylic acids is 2. The van der Waals surface area contributed by atoms with Gasteiger partial charge < -0.3 is 24.4 Å². The van der Waals surface area contributed by atoms with E-state index in [1.165, 1.54) is 12.0 Å². The number of hydrogen-bond donors (Lipinski definition) is 1. The molecule has 2 aliphatic rings. The molecule has 0 spiro atoms. The van der Waals surface area contributed by atoms with E-state index in [0.29, 0.717) is 17.9 Å². The van der Waals surface area contributed by atoms with Crippen molar-refractivity contribution in [3.8, 4) is 11.5 Å². The van der Waals surface area contributed by atoms with Gasteiger partial charge in [0.2, 0.25) is 6.79 Å². The second-order valence-corrected chi connectivity index (χ2v) is 8.65. The van der Waals surface area contributed by atoms with Crippen LogP contribution in [-0.4, -0.2) is 69.7 Å². The lowest BCUT2D eigenvalue weighted by Crippen LogP contribution is -2.49. The topological polar surface area (TPSA) is 111 Å². The Morgan fingerprint density at radius 3 is 2.78 bits per heavy atom. The van der Waals surface area contributed by atoms with Crippen LogP contribution in [0.15, 0.2) is 18.2 Å². The zero-order valence-corrected chi connectivity index (χ0v) is 15.8. The van der Waals surface area contributed by atoms with Crippen molar-refractivity contribution in [3.05, 3.63) is 23.8 Å². The third-order valence-corrected chi connectivity index (χ3v) is 6.28. The van der Waals surface area contributed by atoms with Gasteiger partial charge in [0.05, 0.1) is 18.1 Å². The van der Waals surface area contributed by atoms with Crippen molar-refractivity contribution in [2.24, 2.45) is 0 Å². The highest BCUT2D eigenvalue weighted by molar-refractivity contribution is 7.91. The van der Waals surface area contributed by atoms with Gasteiger partial charge in [-0.1, -0.05) is 6.07 Å². The summed E-state index contributed by atoms with van der Waals surface area (Å²) in [6.07, 6.45) is 0.327. The zero-order valence-electron chi connectivity index (χ0n) is 15.0. The van der Waals surface area contributed by atoms with E-state index in [1.54, 1.807) is 18.2 Å². The van der Waals surface area contributed by atoms with Crippen LogP contribution in [0.25, 0.3) is 0 Å². The van der Waals surface area contributed by atoms with Crippen LogP contribution in [0, 0.1) is 0 Å². The van der Waals surface area contributed by atoms with Gasteiger partial charge in [0.1, 0.15) is 0 Å². The molecular formula is C17H22N2O7S. The van der Waals surface area contributed by atoms with Gasteiger partial charge in [0.15, 0.2) is 21.3 Å². The van der Waals surface area contributed by atoms with E-state index in [0.717, 1.165) is 5.56 Å². The predicted octanol–water partition coefficient (Wildman–Crippen LogP) is -0.306. The third kappa shape index (κ3) is 4.69. The number of nitrogens with one attached hydrogen (secondary N) is 1. The van der Waals surface area contributed by atoms with Crippen LogP contribution < -0.4 is 14.8 Å². The average molecular weight is 398 g/mol. The van der Waals surface area contributed by atoms with Gasteiger partial charge in [0.25, 0.3) is 0 Å². The molecular weight excluding hydrogens is 376 g/mol. The SMILES string of the molecule is COCCN(C(=O)C(=O)NCc1ccc2c(c1)OCO2)C1CCS(=O)(=O)C1. The molecule has 1 unspecified atom stereocenters. The van der Waals surface area contributed by atoms with Gasteiger partial charge in [0, 0.05) is 26.2 Å². The smallest absolute Gasteiger partial charge is 0.312 e. The lowest BCUT2D eigenvalue weighted by molar-refractivity contribution is -0.147. The van der Waals surface area contributed by atoms with Crippen LogP contribution in [0.3, 0.4) is 0 Å². The Kier molecular flexibility index (Phi) is 5.85. The van der Waals surface area contributed by atoms with Gasteiger partial charge in [-0.3, -0.25) is 9.59 Å². The number of fused-ring (bicyclic) bond motifs is 1. The van der Waals surface area contributed by atoms with Gasteiger partial charge in [-0.15, -0.1) is 0 Å². The summed E-state index contributed by atoms with van der Waals surface area (Å²) in [5, 5.41) is 2.57. The number of rotatable bonds is 6. The summed E-state index contributed by atoms with van der Waals surface area (Å²) in [6, 6.07) is 4.73. The molecule has 1 N–H and O–H groups in total. The van der Waals surface area contributed by atoms with Gasteiger partial charge in [-0.2, -0.15) is 0 Å². The standard InChI is InChI=1S/C17H22N2O7S/c1-24-6-5-19(13-4-7-27(22,23)10-13)17(21)16(20)18-9-12-2-3-14-15(8-12)26-11-25-14/h2-3,8,13H,4-7,9-11H2,1H3,(H,18,20). The molecule has 1 atom stereocenters. The Labute approximate surface area is 157 Å². The second kappa shape index (κ2) is 8.13. The summed E-state index contributed by atoms with van der Waals surface area (Å²) in [7, 11) is -1.70. The Hall–Kier alpha value is -2.33. The molecule has 148 valence electrons. The average Bonchev–Trinajstić information content (AvgIpc) is 3.25. The fourth-order valence-corrected chi connectivity index (χ4v) is 4.83. The normalized spacial score (nSPS) is 19.7. The first-order valence-corrected chi connectivity index (χ1v) is 10.4. The maximum absolute atomic E-state index is 12.6. The van der Waals surface area contributed by atoms with Gasteiger partial charge in [-0.25, -0.2) is 8.42 Å². The van der Waals surface area contributed by atoms with Crippen LogP contribution in [0.2, 0.25) is 0 Å². The highest BCUT2D eigenvalue weighted by Gasteiger charge is 2.36. The van der Waals surface area contributed by atoms with Crippen molar-refractivity contribution in [1.29, 1.82) is 0 Å². The van der Waals surface area contributed by atoms with Crippen molar-refractivity contribution in [2.75, 3.05) is 38.6 Å². The van der Waals surface area contributed by atoms with Crippen molar-refractivity contribution in [1.82, 2.24) is 10.2 Å². The van der Waals surface area contributed by atoms with Crippen molar-refractivity contribution < 1.29 is 32.2 Å². The van der Waals surface area contributed by atoms with E-state index in [1.807, 2.05) is 0 Å². The van der Waals surface area contributed by atoms with E-state index in [9.17, 15) is 18.0 Å². The summed E-state index contributed by atoms with van der Waals surface area (Å²) in [4.78, 5) is 26.2. The van der Waals surface area contributed by atoms with Crippen LogP contribution >= 0.6 is 0 Å². The van der Waals surface area contributed by atoms with Crippen molar-refractivity contribution >= 4 is 21.7 Å². The zero-order chi connectivity index (χ0) is 19.4. The summed E-state index contributed by atoms with van der Waals surface area (Å²) in [5.74, 6) is -0.422. The third-order valence-electron chi connectivity index (χ3n) is 4.53. The predicted molar refractivity (Wildman–Crippen MR) is 95.1 cm³/mol. The fraction of sp³-hybridized carbons (Fsp3) is 0.529. The molecule has 1 fully saturated rings. The monoisotopic (exact) mass is 398 g/mol. The van der Waals surface area contributed by atoms with Gasteiger partial charge >= 0.3 is 11.8 Å². The molecule has 9 nitrogen and oxygen atoms in total. The number of hydrogen-bond acceptors (Lipinski definition) is 7. The summed E-state index contributed by atoms with van der Waals surface area (Å²) >= 11 is 0. The number of sulfone groups is 1. The molecule has 2 amide bonds. The first-order valence-electron chi connectivity index (χ1n) is 8.56. The molecule has 27 heavy (non-hydrogen) atoms. The number of nitrogens with zero attached hydrogens (tertiary/aromatic N) is 1. The summed E-state index contributed by atoms with van der Waals surface area (Å²) in [6.45, 7) is 0.676. The van der Waals surface area contributed by atoms with Crippen LogP contribution in [0.4, 0.5) is 0 Å². The lowest BCUT2D eigenvalue weighted by atomic mass is 10.2. The largest absolute Gasteiger partial charge is 0.454 e. The Morgan fingerprint density at radius 1 is 1.30 bits per heavy atom. The maximum Gasteiger partial charge on any atom is 0.312 e. The van der Waals surface area contributed by atoms with E-state index >= 15 is 0 Å². The quantitative estimate of drug-likeness (QED) is 0.655. The number of amides is 2. The molecule has 0 radical (unpaired) electrons. The lowest BCUT2D eigenvalue weighted by Gasteiger charge is -2.27. The molecule has 0 bridgehead atoms. The Morgan fingerprint density at radius 2 is 2.07 bits per heavy atom. The number of benzene rings is 1. The number of carbonyl (C=O) groups is 2. The highest BCUT2D eigenvalue weighted by Crippen LogP contribution is 2.32. The van der Waals surface area contributed by atoms with E-state index in [-0.39, 0.29) is 38.0 Å². The minimum Gasteiger partial charge on any atom is -0.454 e. The molecule has 2 heterocycles. The summed E-state index contributed by atoms with van der Waals surface area (Å²) in [5.41, 5.74) is 0.757. The highest BCUT2D eigenvalue weighted by atomic mass is 32.2. The molecule has 1 saturated heterocycles. The molecule has 0 aromatic heterocycles. The first kappa shape index (κ1) is 19.4. The Bertz CT molecular complexity index is 825. The molecule has 1 aromatic carbocycles. The molecule has 3 rings (SSSR count). The minimum atomic E-state index is -3.18. The molecule has 10 heteroatoms. The van der Waals surface area contributed by atoms with E-state index < -0.39 is 27.7 Å². The maximum atomic E-state index is 12.6. The molecule has 1 aromatic rings. The van der Waals surface area contributed by atoms with Gasteiger partial charge in [-0.05, 0) is 24.1 Å². The van der Waals surface area contributed by atoms with Crippen LogP contribution in [-0.2, 0) is 30.7 Å². The van der Waals surface area contributed by atoms with Crippen molar-refractivity contribution in [2.45, 2.75) is 19.0 Å². The Balaban J connectivity index is 1.61. The summed E-state index contributed by atoms with van der Waals surface area (Å²) < 4.78 is 38.9. The molecule has 2 aliphatic heterocycles. The molecule has 0 saturated carbocycles. The van der Waals surface area contributed by atoms with Crippen LogP contribution in [0.1, 0.15) is 12.0 Å². The second-order valence-electron chi connectivity index (χ2n) is 6.42. The number of ether oxygens (including phenoxy) is 3. The van der Waals surface area contributed by atoms with Crippen molar-refractivity contribution in [3.63, 3.8) is 0 Å². The molecule has 0 aliphatic carbocycles. The number of methoxy groups -OCH3 is 1. The minimum absolute atomic E-state index is 0.0211. The fourth-order valence-electron chi connectivity index (χ4n) is 3.10. The van der Waals surface area contributed by atoms with E-state index in [2.05, 4.69) is 5.32 Å².